The van der Waals surface area contributed by atoms with E-state index in [4.69, 9.17) is 20.0 Å². The molecule has 1 saturated heterocycles. The minimum atomic E-state index is -0.918. The monoisotopic (exact) mass is 471 g/mol. The Bertz CT molecular complexity index is 909. The molecule has 176 valence electrons. The lowest BCUT2D eigenvalue weighted by molar-refractivity contribution is -0.234. The molecule has 2 rings (SSSR count). The van der Waals surface area contributed by atoms with Crippen LogP contribution in [0.3, 0.4) is 0 Å². The van der Waals surface area contributed by atoms with Gasteiger partial charge >= 0.3 is 11.9 Å². The number of β-lactam (4-membered cyclic amide) rings is 1. The van der Waals surface area contributed by atoms with Crippen LogP contribution in [0, 0.1) is 0 Å². The number of nitrogens with two attached hydrogens (primary N) is 1. The van der Waals surface area contributed by atoms with E-state index < -0.39 is 54.7 Å². The van der Waals surface area contributed by atoms with Gasteiger partial charge in [0.1, 0.15) is 24.4 Å². The Morgan fingerprint density at radius 1 is 1.28 bits per heavy atom. The largest absolute Gasteiger partial charge is 0.457 e. The number of hydrogen-bond acceptors (Lipinski definition) is 12. The molecular weight excluding hydrogens is 446 g/mol. The summed E-state index contributed by atoms with van der Waals surface area (Å²) in [6.07, 6.45) is 0. The average Bonchev–Trinajstić information content (AvgIpc) is 3.13. The van der Waals surface area contributed by atoms with Gasteiger partial charge in [0, 0.05) is 5.38 Å². The Hall–Kier alpha value is -3.26. The minimum Gasteiger partial charge on any atom is -0.457 e. The Morgan fingerprint density at radius 3 is 2.50 bits per heavy atom. The second kappa shape index (κ2) is 10.4. The first-order valence-corrected chi connectivity index (χ1v) is 10.3. The molecule has 1 aromatic rings. The average molecular weight is 471 g/mol. The van der Waals surface area contributed by atoms with Crippen molar-refractivity contribution in [2.75, 3.05) is 26.1 Å². The number of carbonyl (C=O) groups is 4. The van der Waals surface area contributed by atoms with E-state index in [1.807, 2.05) is 0 Å². The lowest BCUT2D eigenvalue weighted by Gasteiger charge is -2.43. The van der Waals surface area contributed by atoms with Crippen LogP contribution in [0.25, 0.3) is 0 Å². The van der Waals surface area contributed by atoms with Crippen LogP contribution in [-0.4, -0.2) is 77.5 Å². The molecule has 32 heavy (non-hydrogen) atoms. The number of nitrogens with one attached hydrogen (secondary N) is 1. The summed E-state index contributed by atoms with van der Waals surface area (Å²) >= 11 is 1.12. The summed E-state index contributed by atoms with van der Waals surface area (Å²) in [5.41, 5.74) is 4.92. The van der Waals surface area contributed by atoms with E-state index in [2.05, 4.69) is 20.3 Å². The SMILES string of the molecule is CO/N=C(/C(=O)N[C@@H]1C(=O)N(OCC(=O)OCC(=O)OC(C)(C)C)[C@H]1C)c1csc(N)n1. The van der Waals surface area contributed by atoms with Crippen LogP contribution in [0.2, 0.25) is 0 Å². The van der Waals surface area contributed by atoms with Gasteiger partial charge in [-0.15, -0.1) is 11.3 Å². The van der Waals surface area contributed by atoms with E-state index in [0.29, 0.717) is 0 Å². The number of carbonyl (C=O) groups excluding carboxylic acids is 4. The number of ether oxygens (including phenoxy) is 2. The van der Waals surface area contributed by atoms with E-state index in [0.717, 1.165) is 16.4 Å². The Balaban J connectivity index is 1.82. The van der Waals surface area contributed by atoms with Crippen LogP contribution < -0.4 is 11.1 Å². The van der Waals surface area contributed by atoms with E-state index >= 15 is 0 Å². The molecule has 0 aromatic carbocycles. The first kappa shape index (κ1) is 25.0. The van der Waals surface area contributed by atoms with Crippen molar-refractivity contribution < 1.29 is 38.3 Å². The van der Waals surface area contributed by atoms with Gasteiger partial charge in [0.05, 0.1) is 6.04 Å². The highest BCUT2D eigenvalue weighted by Gasteiger charge is 2.47. The third-order valence-corrected chi connectivity index (χ3v) is 4.55. The van der Waals surface area contributed by atoms with Gasteiger partial charge in [-0.25, -0.2) is 19.6 Å². The number of hydrogen-bond donors (Lipinski definition) is 2. The third-order valence-electron chi connectivity index (χ3n) is 3.88. The lowest BCUT2D eigenvalue weighted by atomic mass is 10.00. The first-order valence-electron chi connectivity index (χ1n) is 9.39. The highest BCUT2D eigenvalue weighted by molar-refractivity contribution is 7.13. The van der Waals surface area contributed by atoms with Gasteiger partial charge in [-0.3, -0.25) is 14.4 Å². The molecule has 0 unspecified atom stereocenters. The quantitative estimate of drug-likeness (QED) is 0.209. The molecule has 0 aliphatic carbocycles. The van der Waals surface area contributed by atoms with Crippen molar-refractivity contribution in [3.05, 3.63) is 11.1 Å². The van der Waals surface area contributed by atoms with Crippen LogP contribution in [-0.2, 0) is 38.3 Å². The summed E-state index contributed by atoms with van der Waals surface area (Å²) in [7, 11) is 1.26. The van der Waals surface area contributed by atoms with E-state index in [1.54, 1.807) is 27.7 Å². The molecule has 0 bridgehead atoms. The molecule has 1 fully saturated rings. The van der Waals surface area contributed by atoms with E-state index in [-0.39, 0.29) is 16.5 Å². The van der Waals surface area contributed by atoms with Crippen LogP contribution >= 0.6 is 11.3 Å². The van der Waals surface area contributed by atoms with Crippen LogP contribution in [0.5, 0.6) is 0 Å². The topological polar surface area (TPSA) is 172 Å². The maximum Gasteiger partial charge on any atom is 0.344 e. The number of aromatic nitrogens is 1. The molecule has 1 aliphatic heterocycles. The van der Waals surface area contributed by atoms with Gasteiger partial charge < -0.3 is 25.4 Å². The second-order valence-electron chi connectivity index (χ2n) is 7.57. The normalized spacial score (nSPS) is 18.6. The van der Waals surface area contributed by atoms with Crippen LogP contribution in [0.15, 0.2) is 10.5 Å². The molecule has 14 heteroatoms. The molecule has 2 amide bonds. The second-order valence-corrected chi connectivity index (χ2v) is 8.46. The number of nitrogens with zero attached hydrogens (tertiary/aromatic N) is 3. The zero-order valence-electron chi connectivity index (χ0n) is 18.2. The molecular formula is C18H25N5O8S. The number of oxime groups is 1. The third kappa shape index (κ3) is 6.62. The van der Waals surface area contributed by atoms with Crippen molar-refractivity contribution in [3.63, 3.8) is 0 Å². The number of esters is 2. The van der Waals surface area contributed by atoms with Crippen molar-refractivity contribution in [1.82, 2.24) is 15.4 Å². The number of anilines is 1. The van der Waals surface area contributed by atoms with E-state index in [1.165, 1.54) is 12.5 Å². The predicted molar refractivity (Wildman–Crippen MR) is 111 cm³/mol. The van der Waals surface area contributed by atoms with Crippen LogP contribution in [0.1, 0.15) is 33.4 Å². The Morgan fingerprint density at radius 2 is 1.97 bits per heavy atom. The summed E-state index contributed by atoms with van der Waals surface area (Å²) in [5.74, 6) is -2.85. The van der Waals surface area contributed by atoms with Crippen molar-refractivity contribution in [2.45, 2.75) is 45.4 Å². The molecule has 0 saturated carbocycles. The van der Waals surface area contributed by atoms with Gasteiger partial charge in [-0.2, -0.15) is 0 Å². The fourth-order valence-electron chi connectivity index (χ4n) is 2.54. The maximum absolute atomic E-state index is 12.5. The number of hydroxylamine groups is 2. The van der Waals surface area contributed by atoms with Crippen molar-refractivity contribution >= 4 is 45.9 Å². The lowest BCUT2D eigenvalue weighted by Crippen LogP contribution is -2.70. The highest BCUT2D eigenvalue weighted by atomic mass is 32.1. The zero-order chi connectivity index (χ0) is 24.1. The summed E-state index contributed by atoms with van der Waals surface area (Å²) in [6.45, 7) is 5.46. The van der Waals surface area contributed by atoms with Gasteiger partial charge in [0.15, 0.2) is 24.1 Å². The van der Waals surface area contributed by atoms with Gasteiger partial charge in [-0.05, 0) is 27.7 Å². The molecule has 1 aromatic heterocycles. The number of thiazole rings is 1. The Kier molecular flexibility index (Phi) is 8.10. The fourth-order valence-corrected chi connectivity index (χ4v) is 3.08. The number of rotatable bonds is 9. The molecule has 2 heterocycles. The molecule has 1 aliphatic rings. The Labute approximate surface area is 187 Å². The van der Waals surface area contributed by atoms with Gasteiger partial charge in [0.2, 0.25) is 0 Å². The van der Waals surface area contributed by atoms with Gasteiger partial charge in [-0.1, -0.05) is 5.16 Å². The van der Waals surface area contributed by atoms with Crippen LogP contribution in [0.4, 0.5) is 5.13 Å². The smallest absolute Gasteiger partial charge is 0.344 e. The van der Waals surface area contributed by atoms with Crippen molar-refractivity contribution in [3.8, 4) is 0 Å². The molecule has 0 spiro atoms. The number of amides is 2. The summed E-state index contributed by atoms with van der Waals surface area (Å²) in [6, 6.07) is -1.51. The summed E-state index contributed by atoms with van der Waals surface area (Å²) in [4.78, 5) is 61.9. The van der Waals surface area contributed by atoms with Crippen molar-refractivity contribution in [1.29, 1.82) is 0 Å². The molecule has 2 atom stereocenters. The van der Waals surface area contributed by atoms with E-state index in [9.17, 15) is 19.2 Å². The predicted octanol–water partition coefficient (Wildman–Crippen LogP) is -0.392. The fraction of sp³-hybridized carbons (Fsp3) is 0.556. The standard InChI is InChI=1S/C18H25N5O8S/c1-9-13(21-15(26)14(22-28-5)10-8-32-17(19)20-10)16(27)23(9)30-7-11(24)29-6-12(25)31-18(2,3)4/h8-9,13H,6-7H2,1-5H3,(H2,19,20)(H,21,26)/b22-14+/t9-,13-/m0/s1. The summed E-state index contributed by atoms with van der Waals surface area (Å²) in [5, 5.41) is 8.84. The molecule has 13 nitrogen and oxygen atoms in total. The molecule has 0 radical (unpaired) electrons. The molecule has 3 N–H and O–H groups in total. The first-order chi connectivity index (χ1) is 14.9. The summed E-state index contributed by atoms with van der Waals surface area (Å²) < 4.78 is 9.76. The maximum atomic E-state index is 12.5. The van der Waals surface area contributed by atoms with Gasteiger partial charge in [0.25, 0.3) is 11.8 Å². The number of nitrogen functional groups attached to an aromatic ring is 1. The zero-order valence-corrected chi connectivity index (χ0v) is 19.1. The van der Waals surface area contributed by atoms with Crippen molar-refractivity contribution in [2.24, 2.45) is 5.16 Å². The minimum absolute atomic E-state index is 0.148. The highest BCUT2D eigenvalue weighted by Crippen LogP contribution is 2.21.